The number of hydrogen-bond donors (Lipinski definition) is 1. The Bertz CT molecular complexity index is 377. The molecule has 0 aliphatic carbocycles. The van der Waals surface area contributed by atoms with Gasteiger partial charge in [0.2, 0.25) is 0 Å². The number of carbonyl (C=O) groups excluding carboxylic acids is 1. The van der Waals surface area contributed by atoms with Gasteiger partial charge in [-0.1, -0.05) is 5.16 Å². The van der Waals surface area contributed by atoms with Gasteiger partial charge >= 0.3 is 6.03 Å². The van der Waals surface area contributed by atoms with Gasteiger partial charge in [0.15, 0.2) is 5.82 Å². The van der Waals surface area contributed by atoms with E-state index in [0.717, 1.165) is 0 Å². The number of nitrogens with one attached hydrogen (secondary N) is 1. The number of carbonyl (C=O) groups is 1. The number of aromatic nitrogens is 1. The normalized spacial score (nSPS) is 20.9. The Balaban J connectivity index is 1.92. The molecule has 1 fully saturated rings. The zero-order chi connectivity index (χ0) is 11.5. The third-order valence-electron chi connectivity index (χ3n) is 2.39. The van der Waals surface area contributed by atoms with Crippen molar-refractivity contribution in [3.8, 4) is 0 Å². The Hall–Kier alpha value is -1.56. The highest BCUT2D eigenvalue weighted by Gasteiger charge is 2.21. The zero-order valence-electron chi connectivity index (χ0n) is 9.40. The van der Waals surface area contributed by atoms with Crippen molar-refractivity contribution >= 4 is 11.8 Å². The fraction of sp³-hybridized carbons (Fsp3) is 0.600. The topological polar surface area (TPSA) is 67.6 Å². The van der Waals surface area contributed by atoms with E-state index in [2.05, 4.69) is 10.5 Å². The molecule has 6 heteroatoms. The van der Waals surface area contributed by atoms with Crippen molar-refractivity contribution in [2.45, 2.75) is 20.0 Å². The fourth-order valence-electron chi connectivity index (χ4n) is 1.62. The van der Waals surface area contributed by atoms with Gasteiger partial charge in [0.25, 0.3) is 0 Å². The summed E-state index contributed by atoms with van der Waals surface area (Å²) in [5.74, 6) is 1.12. The first kappa shape index (κ1) is 10.9. The lowest BCUT2D eigenvalue weighted by Crippen LogP contribution is -2.46. The van der Waals surface area contributed by atoms with Crippen molar-refractivity contribution in [1.82, 2.24) is 10.1 Å². The van der Waals surface area contributed by atoms with Crippen molar-refractivity contribution in [2.75, 3.05) is 25.0 Å². The summed E-state index contributed by atoms with van der Waals surface area (Å²) < 4.78 is 10.2. The number of anilines is 1. The number of rotatable bonds is 1. The Morgan fingerprint density at radius 1 is 1.69 bits per heavy atom. The molecule has 1 unspecified atom stereocenters. The van der Waals surface area contributed by atoms with E-state index in [4.69, 9.17) is 9.26 Å². The number of urea groups is 1. The quantitative estimate of drug-likeness (QED) is 0.780. The summed E-state index contributed by atoms with van der Waals surface area (Å²) >= 11 is 0. The third kappa shape index (κ3) is 2.52. The van der Waals surface area contributed by atoms with Gasteiger partial charge in [-0.15, -0.1) is 0 Å². The molecular weight excluding hydrogens is 210 g/mol. The molecule has 1 aromatic heterocycles. The molecule has 0 aromatic carbocycles. The minimum Gasteiger partial charge on any atom is -0.375 e. The molecule has 0 saturated carbocycles. The molecule has 0 radical (unpaired) electrons. The summed E-state index contributed by atoms with van der Waals surface area (Å²) in [6, 6.07) is 1.52. The average Bonchev–Trinajstić information content (AvgIpc) is 2.64. The molecule has 88 valence electrons. The van der Waals surface area contributed by atoms with Crippen molar-refractivity contribution < 1.29 is 14.1 Å². The van der Waals surface area contributed by atoms with Gasteiger partial charge in [-0.3, -0.25) is 5.32 Å². The van der Waals surface area contributed by atoms with Crippen LogP contribution < -0.4 is 5.32 Å². The summed E-state index contributed by atoms with van der Waals surface area (Å²) in [6.07, 6.45) is 0.0820. The lowest BCUT2D eigenvalue weighted by Gasteiger charge is -2.30. The second-order valence-corrected chi connectivity index (χ2v) is 3.88. The highest BCUT2D eigenvalue weighted by atomic mass is 16.5. The van der Waals surface area contributed by atoms with E-state index in [1.165, 1.54) is 0 Å². The molecule has 0 spiro atoms. The van der Waals surface area contributed by atoms with Gasteiger partial charge in [0.1, 0.15) is 5.76 Å². The highest BCUT2D eigenvalue weighted by molar-refractivity contribution is 5.88. The van der Waals surface area contributed by atoms with Crippen molar-refractivity contribution in [3.05, 3.63) is 11.8 Å². The van der Waals surface area contributed by atoms with Gasteiger partial charge in [-0.25, -0.2) is 4.79 Å². The number of morpholine rings is 1. The summed E-state index contributed by atoms with van der Waals surface area (Å²) in [6.45, 7) is 5.50. The molecule has 1 N–H and O–H groups in total. The van der Waals surface area contributed by atoms with E-state index in [1.54, 1.807) is 17.9 Å². The second-order valence-electron chi connectivity index (χ2n) is 3.88. The fourth-order valence-corrected chi connectivity index (χ4v) is 1.62. The van der Waals surface area contributed by atoms with Crippen LogP contribution in [0.2, 0.25) is 0 Å². The summed E-state index contributed by atoms with van der Waals surface area (Å²) in [7, 11) is 0. The van der Waals surface area contributed by atoms with Gasteiger partial charge in [0, 0.05) is 19.2 Å². The molecular formula is C10H15N3O3. The Labute approximate surface area is 93.5 Å². The smallest absolute Gasteiger partial charge is 0.323 e. The van der Waals surface area contributed by atoms with Crippen LogP contribution in [-0.2, 0) is 4.74 Å². The van der Waals surface area contributed by atoms with Crippen LogP contribution in [0.4, 0.5) is 10.6 Å². The SMILES string of the molecule is Cc1cc(NC(=O)N2CCOC(C)C2)no1. The van der Waals surface area contributed by atoms with Crippen LogP contribution in [0.1, 0.15) is 12.7 Å². The van der Waals surface area contributed by atoms with Crippen LogP contribution in [0.5, 0.6) is 0 Å². The molecule has 1 aliphatic heterocycles. The van der Waals surface area contributed by atoms with Crippen LogP contribution >= 0.6 is 0 Å². The standard InChI is InChI=1S/C10H15N3O3/c1-7-5-9(12-16-7)11-10(14)13-3-4-15-8(2)6-13/h5,8H,3-4,6H2,1-2H3,(H,11,12,14). The average molecular weight is 225 g/mol. The van der Waals surface area contributed by atoms with Gasteiger partial charge < -0.3 is 14.2 Å². The van der Waals surface area contributed by atoms with Crippen molar-refractivity contribution in [2.24, 2.45) is 0 Å². The van der Waals surface area contributed by atoms with Crippen LogP contribution in [-0.4, -0.2) is 41.9 Å². The lowest BCUT2D eigenvalue weighted by atomic mass is 10.3. The number of ether oxygens (including phenoxy) is 1. The lowest BCUT2D eigenvalue weighted by molar-refractivity contribution is -0.00140. The zero-order valence-corrected chi connectivity index (χ0v) is 9.40. The minimum atomic E-state index is -0.163. The predicted octanol–water partition coefficient (Wildman–Crippen LogP) is 1.24. The highest BCUT2D eigenvalue weighted by Crippen LogP contribution is 2.10. The minimum absolute atomic E-state index is 0.0820. The second kappa shape index (κ2) is 4.52. The Kier molecular flexibility index (Phi) is 3.09. The third-order valence-corrected chi connectivity index (χ3v) is 2.39. The maximum atomic E-state index is 11.8. The van der Waals surface area contributed by atoms with E-state index in [1.807, 2.05) is 6.92 Å². The largest absolute Gasteiger partial charge is 0.375 e. The predicted molar refractivity (Wildman–Crippen MR) is 57.2 cm³/mol. The molecule has 1 aromatic rings. The molecule has 2 amide bonds. The maximum absolute atomic E-state index is 11.8. The number of aryl methyl sites for hydroxylation is 1. The van der Waals surface area contributed by atoms with E-state index < -0.39 is 0 Å². The number of nitrogens with zero attached hydrogens (tertiary/aromatic N) is 2. The summed E-state index contributed by atoms with van der Waals surface area (Å²) in [4.78, 5) is 13.5. The molecule has 16 heavy (non-hydrogen) atoms. The van der Waals surface area contributed by atoms with Crippen molar-refractivity contribution in [3.63, 3.8) is 0 Å². The molecule has 2 heterocycles. The monoisotopic (exact) mass is 225 g/mol. The first-order chi connectivity index (χ1) is 7.65. The number of amides is 2. The van der Waals surface area contributed by atoms with Crippen molar-refractivity contribution in [1.29, 1.82) is 0 Å². The molecule has 1 saturated heterocycles. The van der Waals surface area contributed by atoms with Crippen LogP contribution in [0, 0.1) is 6.92 Å². The summed E-state index contributed by atoms with van der Waals surface area (Å²) in [5, 5.41) is 6.38. The van der Waals surface area contributed by atoms with Gasteiger partial charge in [-0.2, -0.15) is 0 Å². The van der Waals surface area contributed by atoms with Gasteiger partial charge in [-0.05, 0) is 13.8 Å². The van der Waals surface area contributed by atoms with Crippen LogP contribution in [0.3, 0.4) is 0 Å². The van der Waals surface area contributed by atoms with E-state index in [0.29, 0.717) is 31.3 Å². The molecule has 1 atom stereocenters. The number of hydrogen-bond acceptors (Lipinski definition) is 4. The van der Waals surface area contributed by atoms with E-state index >= 15 is 0 Å². The van der Waals surface area contributed by atoms with Gasteiger partial charge in [0.05, 0.1) is 12.7 Å². The molecule has 2 rings (SSSR count). The molecule has 6 nitrogen and oxygen atoms in total. The Morgan fingerprint density at radius 2 is 2.50 bits per heavy atom. The first-order valence-electron chi connectivity index (χ1n) is 5.26. The van der Waals surface area contributed by atoms with Crippen LogP contribution in [0.25, 0.3) is 0 Å². The molecule has 1 aliphatic rings. The van der Waals surface area contributed by atoms with E-state index in [9.17, 15) is 4.79 Å². The maximum Gasteiger partial charge on any atom is 0.323 e. The van der Waals surface area contributed by atoms with E-state index in [-0.39, 0.29) is 12.1 Å². The summed E-state index contributed by atoms with van der Waals surface area (Å²) in [5.41, 5.74) is 0. The Morgan fingerprint density at radius 3 is 3.12 bits per heavy atom. The van der Waals surface area contributed by atoms with Crippen LogP contribution in [0.15, 0.2) is 10.6 Å². The first-order valence-corrected chi connectivity index (χ1v) is 5.26. The molecule has 0 bridgehead atoms.